The highest BCUT2D eigenvalue weighted by molar-refractivity contribution is 6.39. The Morgan fingerprint density at radius 3 is 1.45 bits per heavy atom. The average Bonchev–Trinajstić information content (AvgIpc) is 0.808. The Kier molecular flexibility index (Phi) is 24.8. The van der Waals surface area contributed by atoms with Gasteiger partial charge >= 0.3 is 60.0 Å². The molecule has 0 saturated heterocycles. The van der Waals surface area contributed by atoms with Crippen molar-refractivity contribution in [3.8, 4) is 23.5 Å². The molecule has 12 bridgehead atoms. The fourth-order valence-corrected chi connectivity index (χ4v) is 9.04. The SMILES string of the molecule is CC1(C)CNC(=O)c2ccc(nc2)Nc2cc(nc(OCC(F)(F)F)n2)NCc2ccc(cc2)OCCCN(C(=O)C(=O)O)C1.COC(=O)C(=O)N1CCCOc2ccc(cc2)CNc2cc(nc(OCC(F)(F)F)n2)N(C(=O)C(=O)OC)c2ccc(cn2)C(=O)NCC(C)(C)C1. The van der Waals surface area contributed by atoms with E-state index >= 15 is 0 Å². The summed E-state index contributed by atoms with van der Waals surface area (Å²) < 4.78 is 108. The van der Waals surface area contributed by atoms with E-state index in [9.17, 15) is 69.8 Å². The van der Waals surface area contributed by atoms with E-state index in [1.54, 1.807) is 76.2 Å². The molecule has 2 aromatic carbocycles. The maximum absolute atomic E-state index is 13.3. The maximum Gasteiger partial charge on any atom is 0.422 e. The van der Waals surface area contributed by atoms with Crippen LogP contribution in [-0.4, -0.2) is 185 Å². The first kappa shape index (κ1) is 73.3. The van der Waals surface area contributed by atoms with Gasteiger partial charge in [-0.25, -0.2) is 29.3 Å². The molecule has 0 aliphatic carbocycles. The average molecular weight is 1360 g/mol. The first-order chi connectivity index (χ1) is 45.8. The normalized spacial score (nSPS) is 15.6. The second kappa shape index (κ2) is 32.8. The smallest absolute Gasteiger partial charge is 0.422 e. The van der Waals surface area contributed by atoms with Crippen molar-refractivity contribution in [1.82, 2.24) is 50.3 Å². The zero-order valence-corrected chi connectivity index (χ0v) is 53.1. The van der Waals surface area contributed by atoms with E-state index in [0.29, 0.717) is 34.8 Å². The third kappa shape index (κ3) is 23.1. The van der Waals surface area contributed by atoms with Crippen molar-refractivity contribution in [3.63, 3.8) is 0 Å². The minimum absolute atomic E-state index is 0.0315. The highest BCUT2D eigenvalue weighted by Crippen LogP contribution is 2.30. The summed E-state index contributed by atoms with van der Waals surface area (Å²) in [5.41, 5.74) is 0.306. The Morgan fingerprint density at radius 2 is 1.00 bits per heavy atom. The van der Waals surface area contributed by atoms with Crippen molar-refractivity contribution >= 4 is 82.4 Å². The molecule has 97 heavy (non-hydrogen) atoms. The number of carbonyl (C=O) groups is 8. The van der Waals surface area contributed by atoms with Gasteiger partial charge in [-0.2, -0.15) is 46.3 Å². The topological polar surface area (TPSA) is 359 Å². The summed E-state index contributed by atoms with van der Waals surface area (Å²) in [6.45, 7) is 5.12. The van der Waals surface area contributed by atoms with Gasteiger partial charge in [0.25, 0.3) is 11.8 Å². The van der Waals surface area contributed by atoms with E-state index in [-0.39, 0.29) is 106 Å². The lowest BCUT2D eigenvalue weighted by Crippen LogP contribution is -2.47. The molecule has 0 radical (unpaired) electrons. The summed E-state index contributed by atoms with van der Waals surface area (Å²) in [4.78, 5) is 128. The largest absolute Gasteiger partial charge is 0.494 e. The van der Waals surface area contributed by atoms with E-state index in [1.807, 2.05) is 0 Å². The number of anilines is 6. The Hall–Kier alpha value is -11.2. The van der Waals surface area contributed by atoms with Gasteiger partial charge in [0.2, 0.25) is 0 Å². The van der Waals surface area contributed by atoms with Crippen molar-refractivity contribution < 1.29 is 98.2 Å². The molecule has 0 fully saturated rings. The van der Waals surface area contributed by atoms with Crippen LogP contribution in [0.3, 0.4) is 0 Å². The standard InChI is InChI=1S/C33H36F3N7O9.C29H32F3N7O6/c1-32(2)17-39-26(44)21-8-11-24(38-16-21)43(28(46)30(48)50-4)25-14-23(40-31(41-25)52-19-33(34,35)36)37-15-20-6-9-22(10-7-20)51-13-5-12-42(18-32)27(45)29(47)49-3;1-28(2)15-35-24(40)19-6-9-21(34-14-19)36-23-12-22(37-27(38-23)45-17-29(30,31)32)33-13-18-4-7-20(8-5-18)44-11-3-10-39(16-28)25(41)26(42)43/h6-11,14,16H,5,12-13,15,17-19H2,1-4H3,(H,39,44)(H,37,40,41);4-9,12,14H,3,10-11,13,15-17H2,1-2H3,(H,35,40)(H,42,43)(H2,33,34,36,37,38). The second-order valence-corrected chi connectivity index (χ2v) is 23.1. The number of rotatable bonds is 4. The minimum atomic E-state index is -4.75. The van der Waals surface area contributed by atoms with Gasteiger partial charge in [-0.3, -0.25) is 24.0 Å². The van der Waals surface area contributed by atoms with Gasteiger partial charge in [0.1, 0.15) is 40.6 Å². The second-order valence-electron chi connectivity index (χ2n) is 23.1. The quantitative estimate of drug-likeness (QED) is 0.0629. The monoisotopic (exact) mass is 1360 g/mol. The molecule has 6 aromatic rings. The Morgan fingerprint density at radius 1 is 0.546 bits per heavy atom. The molecule has 4 aromatic heterocycles. The van der Waals surface area contributed by atoms with E-state index < -0.39 is 102 Å². The number of carboxylic acids is 1. The molecule has 8 aliphatic heterocycles. The van der Waals surface area contributed by atoms with Crippen LogP contribution in [0.1, 0.15) is 72.4 Å². The number of hydrogen-bond donors (Lipinski definition) is 6. The van der Waals surface area contributed by atoms with Gasteiger partial charge in [-0.15, -0.1) is 0 Å². The van der Waals surface area contributed by atoms with Gasteiger partial charge in [0.15, 0.2) is 19.0 Å². The molecule has 29 nitrogen and oxygen atoms in total. The van der Waals surface area contributed by atoms with Crippen molar-refractivity contribution in [2.24, 2.45) is 10.8 Å². The van der Waals surface area contributed by atoms with Gasteiger partial charge in [0, 0.05) is 76.9 Å². The first-order valence-electron chi connectivity index (χ1n) is 29.5. The van der Waals surface area contributed by atoms with Gasteiger partial charge in [-0.1, -0.05) is 52.0 Å². The van der Waals surface area contributed by atoms with Crippen molar-refractivity contribution in [2.45, 2.75) is 66.0 Å². The Balaban J connectivity index is 0.000000276. The number of carbonyl (C=O) groups excluding carboxylic acids is 7. The number of nitrogens with zero attached hydrogens (tertiary/aromatic N) is 9. The predicted molar refractivity (Wildman–Crippen MR) is 331 cm³/mol. The number of carboxylic acid groups (broad SMARTS) is 1. The summed E-state index contributed by atoms with van der Waals surface area (Å²) in [7, 11) is 2.06. The fourth-order valence-electron chi connectivity index (χ4n) is 9.04. The molecule has 12 heterocycles. The molecule has 5 amide bonds. The number of hydrogen-bond acceptors (Lipinski definition) is 23. The van der Waals surface area contributed by atoms with E-state index in [0.717, 1.165) is 26.0 Å². The van der Waals surface area contributed by atoms with Crippen LogP contribution in [0.15, 0.2) is 97.3 Å². The Bertz CT molecular complexity index is 3760. The van der Waals surface area contributed by atoms with Crippen LogP contribution in [0.4, 0.5) is 61.2 Å². The molecular weight excluding hydrogens is 1290 g/mol. The lowest BCUT2D eigenvalue weighted by Gasteiger charge is -2.32. The molecule has 14 rings (SSSR count). The summed E-state index contributed by atoms with van der Waals surface area (Å²) >= 11 is 0. The van der Waals surface area contributed by atoms with Gasteiger partial charge < -0.3 is 69.9 Å². The number of ether oxygens (including phenoxy) is 6. The van der Waals surface area contributed by atoms with Gasteiger partial charge in [0.05, 0.1) is 38.6 Å². The third-order valence-electron chi connectivity index (χ3n) is 13.7. The number of aromatic nitrogens is 6. The Labute approximate surface area is 549 Å². The predicted octanol–water partition coefficient (Wildman–Crippen LogP) is 6.42. The molecule has 0 saturated carbocycles. The van der Waals surface area contributed by atoms with Crippen LogP contribution in [0.5, 0.6) is 23.5 Å². The van der Waals surface area contributed by atoms with Crippen LogP contribution >= 0.6 is 0 Å². The molecule has 0 spiro atoms. The summed E-state index contributed by atoms with van der Waals surface area (Å²) in [6.07, 6.45) is -6.22. The molecule has 518 valence electrons. The zero-order chi connectivity index (χ0) is 70.7. The number of esters is 2. The zero-order valence-electron chi connectivity index (χ0n) is 53.1. The van der Waals surface area contributed by atoms with Crippen molar-refractivity contribution in [3.05, 3.63) is 120 Å². The number of benzene rings is 2. The molecule has 8 aliphatic rings. The molecular formula is C62H68F6N14O15. The lowest BCUT2D eigenvalue weighted by atomic mass is 9.92. The number of pyridine rings is 2. The van der Waals surface area contributed by atoms with Crippen LogP contribution in [0.25, 0.3) is 0 Å². The van der Waals surface area contributed by atoms with Crippen LogP contribution in [0, 0.1) is 10.8 Å². The number of nitrogens with one attached hydrogen (secondary N) is 5. The van der Waals surface area contributed by atoms with Crippen LogP contribution < -0.4 is 50.4 Å². The van der Waals surface area contributed by atoms with E-state index in [1.165, 1.54) is 52.4 Å². The summed E-state index contributed by atoms with van der Waals surface area (Å²) in [6, 6.07) is 20.7. The summed E-state index contributed by atoms with van der Waals surface area (Å²) in [5.74, 6) is -7.40. The van der Waals surface area contributed by atoms with Crippen LogP contribution in [-0.2, 0) is 51.3 Å². The first-order valence-corrected chi connectivity index (χ1v) is 29.5. The van der Waals surface area contributed by atoms with Crippen molar-refractivity contribution in [2.75, 3.05) is 101 Å². The number of amides is 5. The number of halogens is 6. The minimum Gasteiger partial charge on any atom is -0.494 e. The molecule has 6 N–H and O–H groups in total. The highest BCUT2D eigenvalue weighted by Gasteiger charge is 2.35. The molecule has 35 heteroatoms. The number of aliphatic carboxylic acids is 1. The summed E-state index contributed by atoms with van der Waals surface area (Å²) in [5, 5.41) is 23.7. The van der Waals surface area contributed by atoms with E-state index in [4.69, 9.17) is 18.9 Å². The maximum atomic E-state index is 13.3. The molecule has 0 unspecified atom stereocenters. The van der Waals surface area contributed by atoms with Crippen molar-refractivity contribution in [1.29, 1.82) is 0 Å². The number of methoxy groups -OCH3 is 2. The fraction of sp³-hybridized carbons (Fsp3) is 0.387. The number of alkyl halides is 6. The lowest BCUT2D eigenvalue weighted by molar-refractivity contribution is -0.158. The third-order valence-corrected chi connectivity index (χ3v) is 13.7. The highest BCUT2D eigenvalue weighted by atomic mass is 19.4. The van der Waals surface area contributed by atoms with E-state index in [2.05, 4.69) is 66.0 Å². The molecule has 0 atom stereocenters. The van der Waals surface area contributed by atoms with Gasteiger partial charge in [-0.05, 0) is 83.3 Å². The van der Waals surface area contributed by atoms with Crippen LogP contribution in [0.2, 0.25) is 0 Å².